The molecule has 1 heterocycles. The summed E-state index contributed by atoms with van der Waals surface area (Å²) in [4.78, 5) is 4.41. The van der Waals surface area contributed by atoms with Gasteiger partial charge < -0.3 is 9.88 Å². The molecule has 1 atom stereocenters. The van der Waals surface area contributed by atoms with Crippen LogP contribution >= 0.6 is 0 Å². The van der Waals surface area contributed by atoms with Gasteiger partial charge in [-0.3, -0.25) is 0 Å². The molecule has 1 N–H and O–H groups in total. The summed E-state index contributed by atoms with van der Waals surface area (Å²) in [7, 11) is 0. The highest BCUT2D eigenvalue weighted by Gasteiger charge is 2.24. The summed E-state index contributed by atoms with van der Waals surface area (Å²) in [5, 5.41) is 3.67. The van der Waals surface area contributed by atoms with Gasteiger partial charge in [-0.2, -0.15) is 0 Å². The molecule has 1 aliphatic rings. The van der Waals surface area contributed by atoms with Gasteiger partial charge in [0.2, 0.25) is 0 Å². The highest BCUT2D eigenvalue weighted by molar-refractivity contribution is 4.94. The molecule has 0 aromatic carbocycles. The van der Waals surface area contributed by atoms with Crippen LogP contribution in [0.5, 0.6) is 0 Å². The Kier molecular flexibility index (Phi) is 4.60. The van der Waals surface area contributed by atoms with Crippen LogP contribution < -0.4 is 5.32 Å². The zero-order valence-corrected chi connectivity index (χ0v) is 11.2. The third-order valence-electron chi connectivity index (χ3n) is 3.95. The SMILES string of the molecule is CCNC(Cn1ccnc1CC)C1CCCC1. The second-order valence-corrected chi connectivity index (χ2v) is 5.06. The summed E-state index contributed by atoms with van der Waals surface area (Å²) >= 11 is 0. The standard InChI is InChI=1S/C14H25N3/c1-3-14-16-9-10-17(14)11-13(15-4-2)12-7-5-6-8-12/h9-10,12-13,15H,3-8,11H2,1-2H3. The smallest absolute Gasteiger partial charge is 0.108 e. The molecule has 0 spiro atoms. The Hall–Kier alpha value is -0.830. The summed E-state index contributed by atoms with van der Waals surface area (Å²) in [5.74, 6) is 2.08. The van der Waals surface area contributed by atoms with E-state index in [1.807, 2.05) is 6.20 Å². The number of imidazole rings is 1. The van der Waals surface area contributed by atoms with Crippen LogP contribution in [-0.4, -0.2) is 22.1 Å². The van der Waals surface area contributed by atoms with Crippen molar-refractivity contribution in [2.75, 3.05) is 6.54 Å². The minimum atomic E-state index is 0.627. The number of aromatic nitrogens is 2. The van der Waals surface area contributed by atoms with Crippen LogP contribution in [0.1, 0.15) is 45.4 Å². The molecule has 3 nitrogen and oxygen atoms in total. The fourth-order valence-electron chi connectivity index (χ4n) is 3.03. The average molecular weight is 235 g/mol. The number of rotatable bonds is 6. The van der Waals surface area contributed by atoms with Crippen molar-refractivity contribution in [2.24, 2.45) is 5.92 Å². The largest absolute Gasteiger partial charge is 0.333 e. The van der Waals surface area contributed by atoms with E-state index in [1.165, 1.54) is 31.5 Å². The predicted octanol–water partition coefficient (Wildman–Crippen LogP) is 2.61. The number of nitrogens with zero attached hydrogens (tertiary/aromatic N) is 2. The Morgan fingerprint density at radius 3 is 2.82 bits per heavy atom. The molecular formula is C14H25N3. The van der Waals surface area contributed by atoms with Crippen LogP contribution in [-0.2, 0) is 13.0 Å². The van der Waals surface area contributed by atoms with E-state index in [1.54, 1.807) is 0 Å². The molecule has 1 fully saturated rings. The van der Waals surface area contributed by atoms with Gasteiger partial charge in [0.25, 0.3) is 0 Å². The van der Waals surface area contributed by atoms with E-state index in [9.17, 15) is 0 Å². The first kappa shape index (κ1) is 12.6. The van der Waals surface area contributed by atoms with Crippen LogP contribution in [0.25, 0.3) is 0 Å². The van der Waals surface area contributed by atoms with Crippen LogP contribution in [0.15, 0.2) is 12.4 Å². The maximum absolute atomic E-state index is 4.41. The lowest BCUT2D eigenvalue weighted by Crippen LogP contribution is -2.39. The first-order valence-corrected chi connectivity index (χ1v) is 7.08. The normalized spacial score (nSPS) is 18.7. The van der Waals surface area contributed by atoms with Crippen LogP contribution in [0, 0.1) is 5.92 Å². The van der Waals surface area contributed by atoms with Crippen molar-refractivity contribution < 1.29 is 0 Å². The van der Waals surface area contributed by atoms with E-state index in [-0.39, 0.29) is 0 Å². The summed E-state index contributed by atoms with van der Waals surface area (Å²) < 4.78 is 2.33. The monoisotopic (exact) mass is 235 g/mol. The number of nitrogens with one attached hydrogen (secondary N) is 1. The van der Waals surface area contributed by atoms with E-state index < -0.39 is 0 Å². The Bertz CT molecular complexity index is 326. The third kappa shape index (κ3) is 3.09. The molecule has 1 unspecified atom stereocenters. The molecule has 0 aliphatic heterocycles. The second-order valence-electron chi connectivity index (χ2n) is 5.06. The molecule has 3 heteroatoms. The molecule has 1 aromatic rings. The van der Waals surface area contributed by atoms with E-state index >= 15 is 0 Å². The van der Waals surface area contributed by atoms with Gasteiger partial charge >= 0.3 is 0 Å². The third-order valence-corrected chi connectivity index (χ3v) is 3.95. The van der Waals surface area contributed by atoms with Crippen LogP contribution in [0.2, 0.25) is 0 Å². The Morgan fingerprint density at radius 1 is 1.41 bits per heavy atom. The van der Waals surface area contributed by atoms with Gasteiger partial charge in [-0.15, -0.1) is 0 Å². The molecule has 0 amide bonds. The molecule has 96 valence electrons. The first-order valence-electron chi connectivity index (χ1n) is 7.08. The Labute approximate surface area is 105 Å². The zero-order chi connectivity index (χ0) is 12.1. The Balaban J connectivity index is 2.01. The number of likely N-dealkylation sites (N-methyl/N-ethyl adjacent to an activating group) is 1. The van der Waals surface area contributed by atoms with Gasteiger partial charge in [-0.1, -0.05) is 26.7 Å². The van der Waals surface area contributed by atoms with E-state index in [4.69, 9.17) is 0 Å². The summed E-state index contributed by atoms with van der Waals surface area (Å²) in [6, 6.07) is 0.627. The van der Waals surface area contributed by atoms with Crippen molar-refractivity contribution >= 4 is 0 Å². The molecule has 1 aromatic heterocycles. The van der Waals surface area contributed by atoms with Crippen molar-refractivity contribution in [3.05, 3.63) is 18.2 Å². The molecular weight excluding hydrogens is 210 g/mol. The van der Waals surface area contributed by atoms with Gasteiger partial charge in [-0.05, 0) is 25.3 Å². The Morgan fingerprint density at radius 2 is 2.18 bits per heavy atom. The number of hydrogen-bond acceptors (Lipinski definition) is 2. The lowest BCUT2D eigenvalue weighted by atomic mass is 9.98. The topological polar surface area (TPSA) is 29.9 Å². The van der Waals surface area contributed by atoms with Crippen molar-refractivity contribution in [3.8, 4) is 0 Å². The molecule has 1 aliphatic carbocycles. The van der Waals surface area contributed by atoms with Crippen LogP contribution in [0.4, 0.5) is 0 Å². The van der Waals surface area contributed by atoms with Gasteiger partial charge in [0.15, 0.2) is 0 Å². The highest BCUT2D eigenvalue weighted by Crippen LogP contribution is 2.28. The molecule has 0 saturated heterocycles. The van der Waals surface area contributed by atoms with Crippen molar-refractivity contribution in [1.29, 1.82) is 0 Å². The van der Waals surface area contributed by atoms with Gasteiger partial charge in [0.05, 0.1) is 0 Å². The minimum absolute atomic E-state index is 0.627. The molecule has 2 rings (SSSR count). The number of hydrogen-bond donors (Lipinski definition) is 1. The first-order chi connectivity index (χ1) is 8.35. The molecule has 0 radical (unpaired) electrons. The van der Waals surface area contributed by atoms with E-state index in [0.717, 1.165) is 25.4 Å². The van der Waals surface area contributed by atoms with Crippen LogP contribution in [0.3, 0.4) is 0 Å². The van der Waals surface area contributed by atoms with Crippen molar-refractivity contribution in [2.45, 2.75) is 58.5 Å². The van der Waals surface area contributed by atoms with Gasteiger partial charge in [0, 0.05) is 31.4 Å². The second kappa shape index (κ2) is 6.20. The molecule has 1 saturated carbocycles. The zero-order valence-electron chi connectivity index (χ0n) is 11.2. The van der Waals surface area contributed by atoms with Gasteiger partial charge in [-0.25, -0.2) is 4.98 Å². The highest BCUT2D eigenvalue weighted by atomic mass is 15.1. The summed E-state index contributed by atoms with van der Waals surface area (Å²) in [6.45, 7) is 6.53. The summed E-state index contributed by atoms with van der Waals surface area (Å²) in [6.07, 6.45) is 10.7. The van der Waals surface area contributed by atoms with Gasteiger partial charge in [0.1, 0.15) is 5.82 Å². The van der Waals surface area contributed by atoms with Crippen molar-refractivity contribution in [3.63, 3.8) is 0 Å². The lowest BCUT2D eigenvalue weighted by molar-refractivity contribution is 0.324. The summed E-state index contributed by atoms with van der Waals surface area (Å²) in [5.41, 5.74) is 0. The average Bonchev–Trinajstić information content (AvgIpc) is 2.99. The number of aryl methyl sites for hydroxylation is 1. The minimum Gasteiger partial charge on any atom is -0.333 e. The van der Waals surface area contributed by atoms with E-state index in [0.29, 0.717) is 6.04 Å². The van der Waals surface area contributed by atoms with Crippen molar-refractivity contribution in [1.82, 2.24) is 14.9 Å². The molecule has 17 heavy (non-hydrogen) atoms. The fraction of sp³-hybridized carbons (Fsp3) is 0.786. The quantitative estimate of drug-likeness (QED) is 0.821. The maximum atomic E-state index is 4.41. The van der Waals surface area contributed by atoms with E-state index in [2.05, 4.69) is 34.9 Å². The fourth-order valence-corrected chi connectivity index (χ4v) is 3.03. The molecule has 0 bridgehead atoms. The maximum Gasteiger partial charge on any atom is 0.108 e. The lowest BCUT2D eigenvalue weighted by Gasteiger charge is -2.25. The predicted molar refractivity (Wildman–Crippen MR) is 71.0 cm³/mol.